The van der Waals surface area contributed by atoms with E-state index in [-0.39, 0.29) is 22.4 Å². The summed E-state index contributed by atoms with van der Waals surface area (Å²) in [5, 5.41) is 11.6. The van der Waals surface area contributed by atoms with Crippen LogP contribution in [-0.4, -0.2) is 15.3 Å². The number of nitro benzene ring substituents is 1. The molecule has 6 heteroatoms. The van der Waals surface area contributed by atoms with E-state index in [1.165, 1.54) is 22.8 Å². The van der Waals surface area contributed by atoms with Crippen molar-refractivity contribution >= 4 is 22.2 Å². The van der Waals surface area contributed by atoms with E-state index in [2.05, 4.69) is 0 Å². The number of nitrogens with zero attached hydrogens (tertiary/aromatic N) is 2. The standard InChI is InChI=1S/C17H10N2O4/c1-18-15-11-4-2-3-5-12(11)16(20)14(15)10-7-6-9(19(22)23)8-13(10)17(18)21/h2-8H,1H3. The summed E-state index contributed by atoms with van der Waals surface area (Å²) >= 11 is 0. The molecule has 0 atom stereocenters. The number of benzene rings is 2. The zero-order valence-corrected chi connectivity index (χ0v) is 12.1. The first kappa shape index (κ1) is 13.4. The third-order valence-corrected chi connectivity index (χ3v) is 4.24. The van der Waals surface area contributed by atoms with Crippen molar-refractivity contribution < 1.29 is 9.72 Å². The number of rotatable bonds is 1. The number of pyridine rings is 1. The van der Waals surface area contributed by atoms with Crippen molar-refractivity contribution in [3.63, 3.8) is 0 Å². The van der Waals surface area contributed by atoms with E-state index in [4.69, 9.17) is 0 Å². The van der Waals surface area contributed by atoms with Crippen molar-refractivity contribution in [2.24, 2.45) is 7.05 Å². The number of hydrogen-bond donors (Lipinski definition) is 0. The Labute approximate surface area is 129 Å². The first-order valence-corrected chi connectivity index (χ1v) is 6.96. The zero-order chi connectivity index (χ0) is 16.3. The fourth-order valence-corrected chi connectivity index (χ4v) is 3.19. The van der Waals surface area contributed by atoms with Crippen LogP contribution < -0.4 is 5.56 Å². The van der Waals surface area contributed by atoms with E-state index in [9.17, 15) is 19.7 Å². The Kier molecular flexibility index (Phi) is 2.54. The van der Waals surface area contributed by atoms with E-state index in [1.807, 2.05) is 6.07 Å². The fourth-order valence-electron chi connectivity index (χ4n) is 3.19. The van der Waals surface area contributed by atoms with Crippen LogP contribution in [0.25, 0.3) is 22.0 Å². The molecule has 3 aromatic rings. The van der Waals surface area contributed by atoms with Crippen molar-refractivity contribution in [1.29, 1.82) is 0 Å². The molecule has 1 heterocycles. The van der Waals surface area contributed by atoms with Gasteiger partial charge in [-0.2, -0.15) is 0 Å². The molecule has 0 fully saturated rings. The summed E-state index contributed by atoms with van der Waals surface area (Å²) in [6, 6.07) is 11.1. The fraction of sp³-hybridized carbons (Fsp3) is 0.0588. The molecule has 4 rings (SSSR count). The molecule has 112 valence electrons. The van der Waals surface area contributed by atoms with Gasteiger partial charge >= 0.3 is 0 Å². The minimum Gasteiger partial charge on any atom is -0.310 e. The van der Waals surface area contributed by atoms with E-state index >= 15 is 0 Å². The lowest BCUT2D eigenvalue weighted by atomic mass is 10.0. The first-order valence-electron chi connectivity index (χ1n) is 6.96. The highest BCUT2D eigenvalue weighted by Crippen LogP contribution is 2.39. The summed E-state index contributed by atoms with van der Waals surface area (Å²) in [5.41, 5.74) is 1.73. The highest BCUT2D eigenvalue weighted by atomic mass is 16.6. The molecule has 0 saturated carbocycles. The lowest BCUT2D eigenvalue weighted by Crippen LogP contribution is -2.20. The van der Waals surface area contributed by atoms with Gasteiger partial charge in [0.05, 0.1) is 21.6 Å². The van der Waals surface area contributed by atoms with Gasteiger partial charge in [-0.3, -0.25) is 19.7 Å². The number of aromatic nitrogens is 1. The molecular formula is C17H10N2O4. The van der Waals surface area contributed by atoms with Crippen LogP contribution in [0.15, 0.2) is 47.3 Å². The molecule has 0 saturated heterocycles. The van der Waals surface area contributed by atoms with E-state index < -0.39 is 4.92 Å². The average Bonchev–Trinajstić information content (AvgIpc) is 2.86. The third-order valence-electron chi connectivity index (χ3n) is 4.24. The number of non-ortho nitro benzene ring substituents is 1. The Bertz CT molecular complexity index is 1100. The largest absolute Gasteiger partial charge is 0.310 e. The second kappa shape index (κ2) is 4.36. The minimum absolute atomic E-state index is 0.162. The number of hydrogen-bond acceptors (Lipinski definition) is 4. The number of carbonyl (C=O) groups excluding carboxylic acids is 1. The van der Waals surface area contributed by atoms with Crippen LogP contribution in [0.4, 0.5) is 5.69 Å². The molecule has 1 aromatic heterocycles. The number of carbonyl (C=O) groups is 1. The maximum Gasteiger partial charge on any atom is 0.270 e. The summed E-state index contributed by atoms with van der Waals surface area (Å²) in [4.78, 5) is 35.7. The Morgan fingerprint density at radius 1 is 1.00 bits per heavy atom. The van der Waals surface area contributed by atoms with Crippen molar-refractivity contribution in [1.82, 2.24) is 4.57 Å². The second-order valence-corrected chi connectivity index (χ2v) is 5.45. The predicted octanol–water partition coefficient (Wildman–Crippen LogP) is 2.66. The van der Waals surface area contributed by atoms with E-state index in [1.54, 1.807) is 25.2 Å². The summed E-state index contributed by atoms with van der Waals surface area (Å²) in [6.45, 7) is 0. The quantitative estimate of drug-likeness (QED) is 0.400. The molecule has 0 radical (unpaired) electrons. The van der Waals surface area contributed by atoms with Crippen molar-refractivity contribution in [2.45, 2.75) is 0 Å². The van der Waals surface area contributed by atoms with Gasteiger partial charge in [0.1, 0.15) is 0 Å². The third kappa shape index (κ3) is 1.63. The Hall–Kier alpha value is -3.28. The van der Waals surface area contributed by atoms with E-state index in [0.717, 1.165) is 0 Å². The summed E-state index contributed by atoms with van der Waals surface area (Å²) < 4.78 is 1.39. The Balaban J connectivity index is 2.20. The van der Waals surface area contributed by atoms with Crippen LogP contribution in [0, 0.1) is 10.1 Å². The van der Waals surface area contributed by atoms with Gasteiger partial charge in [0.2, 0.25) is 0 Å². The average molecular weight is 306 g/mol. The van der Waals surface area contributed by atoms with Gasteiger partial charge in [-0.15, -0.1) is 0 Å². The molecule has 23 heavy (non-hydrogen) atoms. The molecule has 1 aliphatic carbocycles. The van der Waals surface area contributed by atoms with Gasteiger partial charge in [0.15, 0.2) is 5.78 Å². The topological polar surface area (TPSA) is 82.2 Å². The molecule has 1 aliphatic rings. The van der Waals surface area contributed by atoms with Crippen LogP contribution in [0.3, 0.4) is 0 Å². The molecule has 6 nitrogen and oxygen atoms in total. The van der Waals surface area contributed by atoms with Gasteiger partial charge in [-0.05, 0) is 6.07 Å². The molecule has 0 N–H and O–H groups in total. The number of fused-ring (bicyclic) bond motifs is 5. The van der Waals surface area contributed by atoms with Crippen molar-refractivity contribution in [3.8, 4) is 11.3 Å². The van der Waals surface area contributed by atoms with Crippen LogP contribution in [0.2, 0.25) is 0 Å². The van der Waals surface area contributed by atoms with Gasteiger partial charge in [-0.25, -0.2) is 0 Å². The SMILES string of the molecule is Cn1c2c(c3ccc([N+](=O)[O-])cc3c1=O)C(=O)c1ccccc1-2. The highest BCUT2D eigenvalue weighted by Gasteiger charge is 2.31. The van der Waals surface area contributed by atoms with Crippen molar-refractivity contribution in [2.75, 3.05) is 0 Å². The van der Waals surface area contributed by atoms with Gasteiger partial charge in [-0.1, -0.05) is 24.3 Å². The summed E-state index contributed by atoms with van der Waals surface area (Å²) in [7, 11) is 1.58. The van der Waals surface area contributed by atoms with Crippen LogP contribution >= 0.6 is 0 Å². The second-order valence-electron chi connectivity index (χ2n) is 5.45. The number of ketones is 1. The van der Waals surface area contributed by atoms with Crippen molar-refractivity contribution in [3.05, 3.63) is 74.1 Å². The Morgan fingerprint density at radius 3 is 2.39 bits per heavy atom. The smallest absolute Gasteiger partial charge is 0.270 e. The normalized spacial score (nSPS) is 12.3. The first-order chi connectivity index (χ1) is 11.0. The Morgan fingerprint density at radius 2 is 1.70 bits per heavy atom. The van der Waals surface area contributed by atoms with Crippen LogP contribution in [0.1, 0.15) is 15.9 Å². The van der Waals surface area contributed by atoms with E-state index in [0.29, 0.717) is 27.8 Å². The zero-order valence-electron chi connectivity index (χ0n) is 12.1. The lowest BCUT2D eigenvalue weighted by Gasteiger charge is -2.10. The van der Waals surface area contributed by atoms with Crippen LogP contribution in [-0.2, 0) is 7.05 Å². The highest BCUT2D eigenvalue weighted by molar-refractivity contribution is 6.26. The molecule has 0 aliphatic heterocycles. The monoisotopic (exact) mass is 306 g/mol. The van der Waals surface area contributed by atoms with Gasteiger partial charge in [0, 0.05) is 35.7 Å². The van der Waals surface area contributed by atoms with Gasteiger partial charge < -0.3 is 4.57 Å². The summed E-state index contributed by atoms with van der Waals surface area (Å²) in [5.74, 6) is -0.162. The molecular weight excluding hydrogens is 296 g/mol. The summed E-state index contributed by atoms with van der Waals surface area (Å²) in [6.07, 6.45) is 0. The minimum atomic E-state index is -0.553. The maximum atomic E-state index is 12.7. The number of nitro groups is 1. The molecule has 0 spiro atoms. The predicted molar refractivity (Wildman–Crippen MR) is 84.7 cm³/mol. The molecule has 0 amide bonds. The lowest BCUT2D eigenvalue weighted by molar-refractivity contribution is -0.384. The molecule has 0 bridgehead atoms. The van der Waals surface area contributed by atoms with Crippen LogP contribution in [0.5, 0.6) is 0 Å². The van der Waals surface area contributed by atoms with Gasteiger partial charge in [0.25, 0.3) is 11.2 Å². The molecule has 0 unspecified atom stereocenters. The maximum absolute atomic E-state index is 12.7. The molecule has 2 aromatic carbocycles.